The molecule has 1 heterocycles. The van der Waals surface area contributed by atoms with Crippen molar-refractivity contribution in [2.24, 2.45) is 0 Å². The Morgan fingerprint density at radius 2 is 2.33 bits per heavy atom. The predicted molar refractivity (Wildman–Crippen MR) is 61.1 cm³/mol. The van der Waals surface area contributed by atoms with Crippen molar-refractivity contribution in [3.63, 3.8) is 0 Å². The van der Waals surface area contributed by atoms with Crippen LogP contribution in [0.4, 0.5) is 0 Å². The van der Waals surface area contributed by atoms with Crippen molar-refractivity contribution in [1.29, 1.82) is 0 Å². The Bertz CT molecular complexity index is 418. The summed E-state index contributed by atoms with van der Waals surface area (Å²) >= 11 is 0. The van der Waals surface area contributed by atoms with Gasteiger partial charge >= 0.3 is 5.97 Å². The van der Waals surface area contributed by atoms with Gasteiger partial charge in [0.25, 0.3) is 5.91 Å². The molecular weight excluding hydrogens is 240 g/mol. The molecule has 0 aromatic carbocycles. The number of carbonyl (C=O) groups is 2. The number of carboxylic acid groups (broad SMARTS) is 1. The Morgan fingerprint density at radius 3 is 2.94 bits per heavy atom. The maximum atomic E-state index is 11.7. The van der Waals surface area contributed by atoms with Crippen LogP contribution in [0.5, 0.6) is 0 Å². The van der Waals surface area contributed by atoms with Gasteiger partial charge in [0, 0.05) is 19.8 Å². The highest BCUT2D eigenvalue weighted by Gasteiger charge is 2.14. The van der Waals surface area contributed by atoms with Crippen molar-refractivity contribution in [2.45, 2.75) is 25.9 Å². The fraction of sp³-hybridized carbons (Fsp3) is 0.600. The quantitative estimate of drug-likeness (QED) is 0.682. The molecule has 0 bridgehead atoms. The Balaban J connectivity index is 2.51. The zero-order valence-corrected chi connectivity index (χ0v) is 10.3. The summed E-state index contributed by atoms with van der Waals surface area (Å²) in [4.78, 5) is 22.1. The van der Waals surface area contributed by atoms with E-state index < -0.39 is 5.97 Å². The summed E-state index contributed by atoms with van der Waals surface area (Å²) in [7, 11) is 1.59. The van der Waals surface area contributed by atoms with Gasteiger partial charge in [-0.1, -0.05) is 5.21 Å². The molecule has 1 rings (SSSR count). The predicted octanol–water partition coefficient (Wildman–Crippen LogP) is -0.482. The number of carbonyl (C=O) groups excluding carboxylic acids is 1. The van der Waals surface area contributed by atoms with Gasteiger partial charge in [-0.05, 0) is 13.3 Å². The first-order chi connectivity index (χ1) is 8.52. The van der Waals surface area contributed by atoms with E-state index in [-0.39, 0.29) is 24.2 Å². The number of amides is 1. The fourth-order valence-corrected chi connectivity index (χ4v) is 1.28. The lowest BCUT2D eigenvalue weighted by Gasteiger charge is -2.11. The number of nitrogens with zero attached hydrogens (tertiary/aromatic N) is 3. The van der Waals surface area contributed by atoms with Gasteiger partial charge in [0.05, 0.1) is 6.20 Å². The summed E-state index contributed by atoms with van der Waals surface area (Å²) in [5.74, 6) is -1.42. The summed E-state index contributed by atoms with van der Waals surface area (Å²) < 4.78 is 5.99. The molecule has 1 aromatic heterocycles. The van der Waals surface area contributed by atoms with Crippen LogP contribution in [-0.4, -0.2) is 51.7 Å². The van der Waals surface area contributed by atoms with Crippen LogP contribution >= 0.6 is 0 Å². The van der Waals surface area contributed by atoms with Crippen LogP contribution in [0.15, 0.2) is 6.20 Å². The van der Waals surface area contributed by atoms with Gasteiger partial charge in [-0.2, -0.15) is 0 Å². The average molecular weight is 256 g/mol. The number of aromatic nitrogens is 3. The minimum Gasteiger partial charge on any atom is -0.480 e. The maximum Gasteiger partial charge on any atom is 0.325 e. The Labute approximate surface area is 104 Å². The SMILES string of the molecule is COCCC(C)NC(=O)c1cn(CC(=O)O)nn1. The summed E-state index contributed by atoms with van der Waals surface area (Å²) in [5, 5.41) is 18.4. The summed E-state index contributed by atoms with van der Waals surface area (Å²) in [6.45, 7) is 2.07. The molecule has 0 saturated heterocycles. The van der Waals surface area contributed by atoms with Gasteiger partial charge in [0.15, 0.2) is 5.69 Å². The van der Waals surface area contributed by atoms with Crippen LogP contribution in [0.3, 0.4) is 0 Å². The van der Waals surface area contributed by atoms with Gasteiger partial charge in [-0.25, -0.2) is 4.68 Å². The number of carboxylic acids is 1. The second-order valence-electron chi connectivity index (χ2n) is 3.85. The molecular formula is C10H16N4O4. The topological polar surface area (TPSA) is 106 Å². The van der Waals surface area contributed by atoms with E-state index in [0.29, 0.717) is 13.0 Å². The smallest absolute Gasteiger partial charge is 0.325 e. The van der Waals surface area contributed by atoms with E-state index in [0.717, 1.165) is 4.68 Å². The summed E-state index contributed by atoms with van der Waals surface area (Å²) in [6, 6.07) is -0.0536. The lowest BCUT2D eigenvalue weighted by molar-refractivity contribution is -0.137. The van der Waals surface area contributed by atoms with E-state index in [2.05, 4.69) is 15.6 Å². The highest BCUT2D eigenvalue weighted by Crippen LogP contribution is 1.97. The van der Waals surface area contributed by atoms with Crippen molar-refractivity contribution in [1.82, 2.24) is 20.3 Å². The lowest BCUT2D eigenvalue weighted by Crippen LogP contribution is -2.33. The number of ether oxygens (including phenoxy) is 1. The number of hydrogen-bond donors (Lipinski definition) is 2. The van der Waals surface area contributed by atoms with Gasteiger partial charge < -0.3 is 15.2 Å². The van der Waals surface area contributed by atoms with Gasteiger partial charge in [0.2, 0.25) is 0 Å². The third kappa shape index (κ3) is 4.50. The van der Waals surface area contributed by atoms with Gasteiger partial charge in [-0.3, -0.25) is 9.59 Å². The van der Waals surface area contributed by atoms with Crippen LogP contribution in [0.1, 0.15) is 23.8 Å². The average Bonchev–Trinajstić information content (AvgIpc) is 2.73. The fourth-order valence-electron chi connectivity index (χ4n) is 1.28. The molecule has 100 valence electrons. The van der Waals surface area contributed by atoms with Crippen molar-refractivity contribution in [2.75, 3.05) is 13.7 Å². The molecule has 1 amide bonds. The van der Waals surface area contributed by atoms with E-state index in [1.54, 1.807) is 7.11 Å². The second-order valence-corrected chi connectivity index (χ2v) is 3.85. The molecule has 8 heteroatoms. The molecule has 0 aliphatic rings. The highest BCUT2D eigenvalue weighted by atomic mass is 16.5. The Morgan fingerprint density at radius 1 is 1.61 bits per heavy atom. The molecule has 0 saturated carbocycles. The van der Waals surface area contributed by atoms with Crippen molar-refractivity contribution >= 4 is 11.9 Å². The number of methoxy groups -OCH3 is 1. The number of rotatable bonds is 7. The first-order valence-corrected chi connectivity index (χ1v) is 5.44. The second kappa shape index (κ2) is 6.70. The molecule has 0 radical (unpaired) electrons. The van der Waals surface area contributed by atoms with E-state index in [4.69, 9.17) is 9.84 Å². The van der Waals surface area contributed by atoms with Crippen molar-refractivity contribution in [3.05, 3.63) is 11.9 Å². The molecule has 8 nitrogen and oxygen atoms in total. The number of hydrogen-bond acceptors (Lipinski definition) is 5. The van der Waals surface area contributed by atoms with Crippen LogP contribution in [-0.2, 0) is 16.1 Å². The number of aliphatic carboxylic acids is 1. The largest absolute Gasteiger partial charge is 0.480 e. The van der Waals surface area contributed by atoms with E-state index in [9.17, 15) is 9.59 Å². The molecule has 2 N–H and O–H groups in total. The first-order valence-electron chi connectivity index (χ1n) is 5.44. The van der Waals surface area contributed by atoms with Crippen molar-refractivity contribution in [3.8, 4) is 0 Å². The first kappa shape index (κ1) is 14.1. The Kier molecular flexibility index (Phi) is 5.25. The normalized spacial score (nSPS) is 12.1. The maximum absolute atomic E-state index is 11.7. The summed E-state index contributed by atoms with van der Waals surface area (Å²) in [6.07, 6.45) is 1.98. The monoisotopic (exact) mass is 256 g/mol. The zero-order chi connectivity index (χ0) is 13.5. The molecule has 0 aliphatic heterocycles. The van der Waals surface area contributed by atoms with Crippen LogP contribution in [0, 0.1) is 0 Å². The third-order valence-electron chi connectivity index (χ3n) is 2.20. The summed E-state index contributed by atoms with van der Waals surface area (Å²) in [5.41, 5.74) is 0.0977. The van der Waals surface area contributed by atoms with Crippen LogP contribution < -0.4 is 5.32 Å². The zero-order valence-electron chi connectivity index (χ0n) is 10.3. The lowest BCUT2D eigenvalue weighted by atomic mass is 10.2. The molecule has 0 fully saturated rings. The molecule has 1 unspecified atom stereocenters. The standard InChI is InChI=1S/C10H16N4O4/c1-7(3-4-18-2)11-10(17)8-5-14(13-12-8)6-9(15)16/h5,7H,3-4,6H2,1-2H3,(H,11,17)(H,15,16). The molecule has 18 heavy (non-hydrogen) atoms. The highest BCUT2D eigenvalue weighted by molar-refractivity contribution is 5.92. The van der Waals surface area contributed by atoms with E-state index in [1.807, 2.05) is 6.92 Å². The van der Waals surface area contributed by atoms with Crippen molar-refractivity contribution < 1.29 is 19.4 Å². The third-order valence-corrected chi connectivity index (χ3v) is 2.20. The van der Waals surface area contributed by atoms with Gasteiger partial charge in [0.1, 0.15) is 6.54 Å². The molecule has 0 aliphatic carbocycles. The van der Waals surface area contributed by atoms with Crippen LogP contribution in [0.2, 0.25) is 0 Å². The van der Waals surface area contributed by atoms with Gasteiger partial charge in [-0.15, -0.1) is 5.10 Å². The molecule has 1 atom stereocenters. The minimum absolute atomic E-state index is 0.0536. The Hall–Kier alpha value is -1.96. The number of nitrogens with one attached hydrogen (secondary N) is 1. The minimum atomic E-state index is -1.04. The van der Waals surface area contributed by atoms with Crippen LogP contribution in [0.25, 0.3) is 0 Å². The molecule has 1 aromatic rings. The molecule has 0 spiro atoms. The van der Waals surface area contributed by atoms with E-state index in [1.165, 1.54) is 6.20 Å². The van der Waals surface area contributed by atoms with E-state index >= 15 is 0 Å².